The second-order valence-electron chi connectivity index (χ2n) is 4.33. The lowest BCUT2D eigenvalue weighted by Gasteiger charge is -2.40. The second kappa shape index (κ2) is 7.09. The second-order valence-corrected chi connectivity index (χ2v) is 4.33. The molecule has 1 aliphatic rings. The van der Waals surface area contributed by atoms with Crippen LogP contribution < -0.4 is 5.73 Å². The maximum atomic E-state index is 12.1. The van der Waals surface area contributed by atoms with Crippen LogP contribution in [0.2, 0.25) is 0 Å². The van der Waals surface area contributed by atoms with E-state index in [0.29, 0.717) is 12.1 Å². The van der Waals surface area contributed by atoms with E-state index in [1.54, 1.807) is 0 Å². The standard InChI is InChI=1S/C11H22N2O2.ClH/c1-8-5-4-6-9(2)13(8)11(14)10(7-12)15-3;/h8-10H,4-7,12H2,1-3H3;1H. The van der Waals surface area contributed by atoms with Crippen LogP contribution in [0.25, 0.3) is 0 Å². The number of rotatable bonds is 3. The Labute approximate surface area is 104 Å². The number of nitrogens with two attached hydrogens (primary N) is 1. The van der Waals surface area contributed by atoms with Crippen molar-refractivity contribution < 1.29 is 9.53 Å². The Morgan fingerprint density at radius 2 is 1.94 bits per heavy atom. The van der Waals surface area contributed by atoms with Gasteiger partial charge in [-0.2, -0.15) is 0 Å². The number of likely N-dealkylation sites (tertiary alicyclic amines) is 1. The number of hydrogen-bond acceptors (Lipinski definition) is 3. The van der Waals surface area contributed by atoms with Gasteiger partial charge in [-0.05, 0) is 33.1 Å². The zero-order valence-corrected chi connectivity index (χ0v) is 11.1. The highest BCUT2D eigenvalue weighted by Gasteiger charge is 2.32. The number of amides is 1. The zero-order valence-electron chi connectivity index (χ0n) is 10.3. The van der Waals surface area contributed by atoms with Crippen molar-refractivity contribution in [2.75, 3.05) is 13.7 Å². The van der Waals surface area contributed by atoms with Crippen molar-refractivity contribution in [2.45, 2.75) is 51.3 Å². The summed E-state index contributed by atoms with van der Waals surface area (Å²) in [6.07, 6.45) is 2.88. The van der Waals surface area contributed by atoms with Crippen molar-refractivity contribution in [3.8, 4) is 0 Å². The van der Waals surface area contributed by atoms with Crippen LogP contribution in [0.15, 0.2) is 0 Å². The van der Waals surface area contributed by atoms with Crippen molar-refractivity contribution in [3.63, 3.8) is 0 Å². The molecule has 0 aromatic heterocycles. The topological polar surface area (TPSA) is 55.6 Å². The van der Waals surface area contributed by atoms with Gasteiger partial charge in [0.15, 0.2) is 0 Å². The van der Waals surface area contributed by atoms with Gasteiger partial charge in [0, 0.05) is 25.7 Å². The van der Waals surface area contributed by atoms with Crippen molar-refractivity contribution in [3.05, 3.63) is 0 Å². The fourth-order valence-corrected chi connectivity index (χ4v) is 2.32. The van der Waals surface area contributed by atoms with Gasteiger partial charge in [0.1, 0.15) is 6.10 Å². The van der Waals surface area contributed by atoms with Gasteiger partial charge in [0.2, 0.25) is 0 Å². The van der Waals surface area contributed by atoms with E-state index in [2.05, 4.69) is 13.8 Å². The van der Waals surface area contributed by atoms with Crippen molar-refractivity contribution in [1.82, 2.24) is 4.90 Å². The van der Waals surface area contributed by atoms with E-state index in [9.17, 15) is 4.79 Å². The third-order valence-corrected chi connectivity index (χ3v) is 3.22. The molecule has 1 fully saturated rings. The largest absolute Gasteiger partial charge is 0.370 e. The van der Waals surface area contributed by atoms with E-state index in [1.807, 2.05) is 4.90 Å². The van der Waals surface area contributed by atoms with Crippen LogP contribution in [0.5, 0.6) is 0 Å². The Bertz CT molecular complexity index is 212. The molecule has 0 aromatic carbocycles. The highest BCUT2D eigenvalue weighted by atomic mass is 35.5. The number of methoxy groups -OCH3 is 1. The molecule has 3 atom stereocenters. The Morgan fingerprint density at radius 1 is 1.44 bits per heavy atom. The lowest BCUT2D eigenvalue weighted by molar-refractivity contribution is -0.147. The number of carbonyl (C=O) groups is 1. The number of piperidine rings is 1. The van der Waals surface area contributed by atoms with Crippen molar-refractivity contribution in [1.29, 1.82) is 0 Å². The molecule has 5 heteroatoms. The third-order valence-electron chi connectivity index (χ3n) is 3.22. The molecule has 1 aliphatic heterocycles. The van der Waals surface area contributed by atoms with Gasteiger partial charge in [-0.15, -0.1) is 12.4 Å². The lowest BCUT2D eigenvalue weighted by Crippen LogP contribution is -2.53. The molecule has 0 spiro atoms. The van der Waals surface area contributed by atoms with Crippen LogP contribution in [0.4, 0.5) is 0 Å². The van der Waals surface area contributed by atoms with Gasteiger partial charge in [-0.25, -0.2) is 0 Å². The zero-order chi connectivity index (χ0) is 11.4. The quantitative estimate of drug-likeness (QED) is 0.818. The molecule has 0 aromatic rings. The average molecular weight is 251 g/mol. The monoisotopic (exact) mass is 250 g/mol. The minimum Gasteiger partial charge on any atom is -0.370 e. The minimum atomic E-state index is -0.479. The molecule has 1 heterocycles. The van der Waals surface area contributed by atoms with Gasteiger partial charge in [0.25, 0.3) is 5.91 Å². The average Bonchev–Trinajstić information content (AvgIpc) is 2.19. The molecule has 96 valence electrons. The van der Waals surface area contributed by atoms with Crippen LogP contribution in [0.1, 0.15) is 33.1 Å². The summed E-state index contributed by atoms with van der Waals surface area (Å²) in [6, 6.07) is 0.621. The SMILES string of the molecule is COC(CN)C(=O)N1C(C)CCCC1C.Cl. The summed E-state index contributed by atoms with van der Waals surface area (Å²) in [6.45, 7) is 4.44. The summed E-state index contributed by atoms with van der Waals surface area (Å²) >= 11 is 0. The lowest BCUT2D eigenvalue weighted by atomic mass is 9.97. The molecule has 0 radical (unpaired) electrons. The first-order chi connectivity index (χ1) is 7.11. The molecule has 0 aliphatic carbocycles. The molecule has 1 amide bonds. The van der Waals surface area contributed by atoms with E-state index in [-0.39, 0.29) is 24.9 Å². The number of carbonyl (C=O) groups excluding carboxylic acids is 1. The highest BCUT2D eigenvalue weighted by Crippen LogP contribution is 2.23. The predicted octanol–water partition coefficient (Wildman–Crippen LogP) is 1.17. The van der Waals surface area contributed by atoms with E-state index in [4.69, 9.17) is 10.5 Å². The Balaban J connectivity index is 0.00000225. The van der Waals surface area contributed by atoms with E-state index >= 15 is 0 Å². The number of nitrogens with zero attached hydrogens (tertiary/aromatic N) is 1. The predicted molar refractivity (Wildman–Crippen MR) is 66.7 cm³/mol. The van der Waals surface area contributed by atoms with E-state index in [1.165, 1.54) is 13.5 Å². The Morgan fingerprint density at radius 3 is 2.31 bits per heavy atom. The first-order valence-corrected chi connectivity index (χ1v) is 5.66. The normalized spacial score (nSPS) is 27.1. The molecular weight excluding hydrogens is 228 g/mol. The third kappa shape index (κ3) is 3.34. The summed E-state index contributed by atoms with van der Waals surface area (Å²) in [7, 11) is 1.54. The minimum absolute atomic E-state index is 0. The van der Waals surface area contributed by atoms with Gasteiger partial charge in [0.05, 0.1) is 0 Å². The Hall–Kier alpha value is -0.320. The highest BCUT2D eigenvalue weighted by molar-refractivity contribution is 5.85. The number of ether oxygens (including phenoxy) is 1. The summed E-state index contributed by atoms with van der Waals surface area (Å²) in [5, 5.41) is 0. The first kappa shape index (κ1) is 15.7. The molecule has 4 nitrogen and oxygen atoms in total. The van der Waals surface area contributed by atoms with E-state index < -0.39 is 6.10 Å². The first-order valence-electron chi connectivity index (χ1n) is 5.66. The van der Waals surface area contributed by atoms with Crippen LogP contribution in [-0.2, 0) is 9.53 Å². The van der Waals surface area contributed by atoms with Gasteiger partial charge in [-0.3, -0.25) is 4.79 Å². The Kier molecular flexibility index (Phi) is 6.95. The van der Waals surface area contributed by atoms with Gasteiger partial charge in [-0.1, -0.05) is 0 Å². The summed E-state index contributed by atoms with van der Waals surface area (Å²) < 4.78 is 5.09. The summed E-state index contributed by atoms with van der Waals surface area (Å²) in [4.78, 5) is 14.0. The number of halogens is 1. The molecular formula is C11H23ClN2O2. The van der Waals surface area contributed by atoms with Gasteiger partial charge >= 0.3 is 0 Å². The smallest absolute Gasteiger partial charge is 0.253 e. The summed E-state index contributed by atoms with van der Waals surface area (Å²) in [5.74, 6) is 0.0414. The molecule has 0 saturated carbocycles. The fraction of sp³-hybridized carbons (Fsp3) is 0.909. The van der Waals surface area contributed by atoms with Crippen molar-refractivity contribution in [2.24, 2.45) is 5.73 Å². The van der Waals surface area contributed by atoms with Crippen LogP contribution >= 0.6 is 12.4 Å². The maximum absolute atomic E-state index is 12.1. The van der Waals surface area contributed by atoms with Crippen molar-refractivity contribution >= 4 is 18.3 Å². The molecule has 1 rings (SSSR count). The van der Waals surface area contributed by atoms with E-state index in [0.717, 1.165) is 12.8 Å². The summed E-state index contributed by atoms with van der Waals surface area (Å²) in [5.41, 5.74) is 5.51. The van der Waals surface area contributed by atoms with Crippen LogP contribution in [0, 0.1) is 0 Å². The molecule has 3 unspecified atom stereocenters. The molecule has 2 N–H and O–H groups in total. The van der Waals surface area contributed by atoms with Gasteiger partial charge < -0.3 is 15.4 Å². The van der Waals surface area contributed by atoms with Crippen LogP contribution in [-0.4, -0.2) is 42.6 Å². The van der Waals surface area contributed by atoms with Crippen LogP contribution in [0.3, 0.4) is 0 Å². The molecule has 1 saturated heterocycles. The fourth-order valence-electron chi connectivity index (χ4n) is 2.32. The maximum Gasteiger partial charge on any atom is 0.253 e. The molecule has 0 bridgehead atoms. The molecule has 16 heavy (non-hydrogen) atoms. The number of hydrogen-bond donors (Lipinski definition) is 1.